The standard InChI is InChI=1S/C19H22O2/c1-5-19(16-8-12-18(21-4)13-9-16)14(2)15-6-10-17(20-3)11-7-15/h6-13H,5H2,1-4H3/b19-14+. The highest BCUT2D eigenvalue weighted by Gasteiger charge is 2.07. The first-order valence-electron chi connectivity index (χ1n) is 7.18. The molecule has 0 N–H and O–H groups in total. The smallest absolute Gasteiger partial charge is 0.118 e. The third-order valence-electron chi connectivity index (χ3n) is 3.77. The minimum Gasteiger partial charge on any atom is -0.497 e. The fourth-order valence-corrected chi connectivity index (χ4v) is 2.49. The molecule has 2 aromatic rings. The van der Waals surface area contributed by atoms with Crippen LogP contribution in [0, 0.1) is 0 Å². The van der Waals surface area contributed by atoms with Crippen molar-refractivity contribution in [2.24, 2.45) is 0 Å². The van der Waals surface area contributed by atoms with Crippen molar-refractivity contribution < 1.29 is 9.47 Å². The molecule has 2 rings (SSSR count). The van der Waals surface area contributed by atoms with Gasteiger partial charge in [-0.1, -0.05) is 31.2 Å². The first kappa shape index (κ1) is 15.2. The van der Waals surface area contributed by atoms with Crippen LogP contribution in [0.4, 0.5) is 0 Å². The molecule has 0 atom stereocenters. The highest BCUT2D eigenvalue weighted by atomic mass is 16.5. The van der Waals surface area contributed by atoms with Crippen molar-refractivity contribution in [2.75, 3.05) is 14.2 Å². The minimum atomic E-state index is 0.883. The predicted octanol–water partition coefficient (Wildman–Crippen LogP) is 5.04. The van der Waals surface area contributed by atoms with Crippen LogP contribution in [0.1, 0.15) is 31.4 Å². The molecule has 2 heteroatoms. The van der Waals surface area contributed by atoms with Crippen LogP contribution in [0.15, 0.2) is 48.5 Å². The molecule has 0 aliphatic carbocycles. The van der Waals surface area contributed by atoms with E-state index in [1.165, 1.54) is 22.3 Å². The molecule has 110 valence electrons. The minimum absolute atomic E-state index is 0.883. The third kappa shape index (κ3) is 3.46. The maximum atomic E-state index is 5.22. The Morgan fingerprint density at radius 1 is 0.762 bits per heavy atom. The average Bonchev–Trinajstić information content (AvgIpc) is 2.56. The van der Waals surface area contributed by atoms with Gasteiger partial charge in [0.2, 0.25) is 0 Å². The molecule has 0 aliphatic heterocycles. The number of hydrogen-bond acceptors (Lipinski definition) is 2. The molecule has 0 bridgehead atoms. The van der Waals surface area contributed by atoms with Crippen molar-refractivity contribution >= 4 is 11.1 Å². The van der Waals surface area contributed by atoms with Gasteiger partial charge in [-0.25, -0.2) is 0 Å². The van der Waals surface area contributed by atoms with E-state index in [1.807, 2.05) is 24.3 Å². The lowest BCUT2D eigenvalue weighted by Crippen LogP contribution is -1.91. The number of ether oxygens (including phenoxy) is 2. The Hall–Kier alpha value is -2.22. The molecule has 2 aromatic carbocycles. The molecule has 0 fully saturated rings. The Morgan fingerprint density at radius 3 is 1.57 bits per heavy atom. The summed E-state index contributed by atoms with van der Waals surface area (Å²) in [5, 5.41) is 0. The summed E-state index contributed by atoms with van der Waals surface area (Å²) in [5.74, 6) is 1.77. The predicted molar refractivity (Wildman–Crippen MR) is 88.8 cm³/mol. The second-order valence-electron chi connectivity index (χ2n) is 4.91. The van der Waals surface area contributed by atoms with Crippen molar-refractivity contribution in [3.8, 4) is 11.5 Å². The van der Waals surface area contributed by atoms with E-state index in [0.717, 1.165) is 17.9 Å². The summed E-state index contributed by atoms with van der Waals surface area (Å²) in [6, 6.07) is 16.5. The number of hydrogen-bond donors (Lipinski definition) is 0. The number of methoxy groups -OCH3 is 2. The second-order valence-corrected chi connectivity index (χ2v) is 4.91. The van der Waals surface area contributed by atoms with Crippen molar-refractivity contribution in [3.05, 3.63) is 59.7 Å². The van der Waals surface area contributed by atoms with Crippen molar-refractivity contribution in [1.29, 1.82) is 0 Å². The van der Waals surface area contributed by atoms with Gasteiger partial charge in [-0.3, -0.25) is 0 Å². The van der Waals surface area contributed by atoms with Gasteiger partial charge < -0.3 is 9.47 Å². The second kappa shape index (κ2) is 6.98. The van der Waals surface area contributed by atoms with Gasteiger partial charge in [-0.05, 0) is 59.9 Å². The van der Waals surface area contributed by atoms with Crippen LogP contribution < -0.4 is 9.47 Å². The molecule has 0 radical (unpaired) electrons. The van der Waals surface area contributed by atoms with Crippen LogP contribution in [-0.4, -0.2) is 14.2 Å². The van der Waals surface area contributed by atoms with E-state index in [4.69, 9.17) is 9.47 Å². The largest absolute Gasteiger partial charge is 0.497 e. The van der Waals surface area contributed by atoms with E-state index in [2.05, 4.69) is 38.1 Å². The van der Waals surface area contributed by atoms with E-state index in [0.29, 0.717) is 0 Å². The molecular weight excluding hydrogens is 260 g/mol. The molecule has 0 heterocycles. The van der Waals surface area contributed by atoms with Gasteiger partial charge in [0.1, 0.15) is 11.5 Å². The Balaban J connectivity index is 2.39. The molecule has 21 heavy (non-hydrogen) atoms. The van der Waals surface area contributed by atoms with E-state index in [1.54, 1.807) is 14.2 Å². The lowest BCUT2D eigenvalue weighted by atomic mass is 9.94. The summed E-state index contributed by atoms with van der Waals surface area (Å²) >= 11 is 0. The van der Waals surface area contributed by atoms with Gasteiger partial charge in [0.15, 0.2) is 0 Å². The van der Waals surface area contributed by atoms with Gasteiger partial charge >= 0.3 is 0 Å². The van der Waals surface area contributed by atoms with Gasteiger partial charge in [-0.2, -0.15) is 0 Å². The van der Waals surface area contributed by atoms with E-state index >= 15 is 0 Å². The zero-order valence-electron chi connectivity index (χ0n) is 13.1. The zero-order chi connectivity index (χ0) is 15.2. The first-order valence-corrected chi connectivity index (χ1v) is 7.18. The number of allylic oxidation sites excluding steroid dienone is 2. The lowest BCUT2D eigenvalue weighted by molar-refractivity contribution is 0.414. The van der Waals surface area contributed by atoms with Crippen LogP contribution in [-0.2, 0) is 0 Å². The molecule has 2 nitrogen and oxygen atoms in total. The summed E-state index contributed by atoms with van der Waals surface area (Å²) < 4.78 is 10.4. The van der Waals surface area contributed by atoms with Gasteiger partial charge in [-0.15, -0.1) is 0 Å². The van der Waals surface area contributed by atoms with E-state index in [-0.39, 0.29) is 0 Å². The van der Waals surface area contributed by atoms with Crippen molar-refractivity contribution in [2.45, 2.75) is 20.3 Å². The fourth-order valence-electron chi connectivity index (χ4n) is 2.49. The highest BCUT2D eigenvalue weighted by Crippen LogP contribution is 2.30. The quantitative estimate of drug-likeness (QED) is 0.715. The molecule has 0 aromatic heterocycles. The van der Waals surface area contributed by atoms with Crippen molar-refractivity contribution in [1.82, 2.24) is 0 Å². The van der Waals surface area contributed by atoms with Gasteiger partial charge in [0.05, 0.1) is 14.2 Å². The molecule has 0 aliphatic rings. The van der Waals surface area contributed by atoms with E-state index in [9.17, 15) is 0 Å². The van der Waals surface area contributed by atoms with Crippen LogP contribution >= 0.6 is 0 Å². The van der Waals surface area contributed by atoms with Crippen LogP contribution in [0.3, 0.4) is 0 Å². The molecule has 0 amide bonds. The molecule has 0 spiro atoms. The van der Waals surface area contributed by atoms with Gasteiger partial charge in [0.25, 0.3) is 0 Å². The fraction of sp³-hybridized carbons (Fsp3) is 0.263. The number of benzene rings is 2. The SMILES string of the molecule is CC/C(=C(/C)c1ccc(OC)cc1)c1ccc(OC)cc1. The Kier molecular flexibility index (Phi) is 5.04. The average molecular weight is 282 g/mol. The maximum absolute atomic E-state index is 5.22. The first-order chi connectivity index (χ1) is 10.2. The normalized spacial score (nSPS) is 11.8. The summed E-state index contributed by atoms with van der Waals surface area (Å²) in [4.78, 5) is 0. The lowest BCUT2D eigenvalue weighted by Gasteiger charge is -2.12. The monoisotopic (exact) mass is 282 g/mol. The Labute approximate surface area is 127 Å². The zero-order valence-corrected chi connectivity index (χ0v) is 13.1. The molecular formula is C19H22O2. The van der Waals surface area contributed by atoms with Crippen molar-refractivity contribution in [3.63, 3.8) is 0 Å². The molecule has 0 saturated carbocycles. The Bertz CT molecular complexity index is 607. The highest BCUT2D eigenvalue weighted by molar-refractivity contribution is 5.89. The summed E-state index contributed by atoms with van der Waals surface area (Å²) in [6.45, 7) is 4.36. The summed E-state index contributed by atoms with van der Waals surface area (Å²) in [5.41, 5.74) is 5.11. The molecule has 0 unspecified atom stereocenters. The van der Waals surface area contributed by atoms with Crippen LogP contribution in [0.5, 0.6) is 11.5 Å². The Morgan fingerprint density at radius 2 is 1.19 bits per heavy atom. The van der Waals surface area contributed by atoms with Crippen LogP contribution in [0.2, 0.25) is 0 Å². The van der Waals surface area contributed by atoms with E-state index < -0.39 is 0 Å². The number of rotatable bonds is 5. The third-order valence-corrected chi connectivity index (χ3v) is 3.77. The van der Waals surface area contributed by atoms with Crippen LogP contribution in [0.25, 0.3) is 11.1 Å². The topological polar surface area (TPSA) is 18.5 Å². The maximum Gasteiger partial charge on any atom is 0.118 e. The van der Waals surface area contributed by atoms with Gasteiger partial charge in [0, 0.05) is 0 Å². The summed E-state index contributed by atoms with van der Waals surface area (Å²) in [6.07, 6.45) is 0.990. The molecule has 0 saturated heterocycles. The summed E-state index contributed by atoms with van der Waals surface area (Å²) in [7, 11) is 3.38.